The highest BCUT2D eigenvalue weighted by Crippen LogP contribution is 2.43. The van der Waals surface area contributed by atoms with E-state index in [1.54, 1.807) is 0 Å². The van der Waals surface area contributed by atoms with E-state index in [4.69, 9.17) is 11.5 Å². The average Bonchev–Trinajstić information content (AvgIpc) is 3.35. The van der Waals surface area contributed by atoms with Crippen LogP contribution in [0.3, 0.4) is 0 Å². The second-order valence-corrected chi connectivity index (χ2v) is 8.34. The summed E-state index contributed by atoms with van der Waals surface area (Å²) in [5.74, 6) is -0.145. The van der Waals surface area contributed by atoms with Gasteiger partial charge in [0.05, 0.1) is 5.69 Å². The normalized spacial score (nSPS) is 10.8. The summed E-state index contributed by atoms with van der Waals surface area (Å²) in [6.07, 6.45) is 0. The third kappa shape index (κ3) is 3.42. The highest BCUT2D eigenvalue weighted by molar-refractivity contribution is 7.21. The predicted molar refractivity (Wildman–Crippen MR) is 119 cm³/mol. The fourth-order valence-corrected chi connectivity index (χ4v) is 4.79. The Morgan fingerprint density at radius 1 is 1.24 bits per heavy atom. The molecule has 0 bridgehead atoms. The van der Waals surface area contributed by atoms with Crippen LogP contribution in [0.25, 0.3) is 21.3 Å². The molecule has 0 saturated carbocycles. The van der Waals surface area contributed by atoms with Crippen molar-refractivity contribution in [3.8, 4) is 17.2 Å². The number of benzene rings is 1. The highest BCUT2D eigenvalue weighted by atomic mass is 32.1. The van der Waals surface area contributed by atoms with Crippen molar-refractivity contribution in [3.05, 3.63) is 62.7 Å². The summed E-state index contributed by atoms with van der Waals surface area (Å²) in [7, 11) is 0. The predicted octanol–water partition coefficient (Wildman–Crippen LogP) is 4.30. The molecule has 0 saturated heterocycles. The Labute approximate surface area is 175 Å². The van der Waals surface area contributed by atoms with Crippen LogP contribution in [0.4, 0.5) is 11.5 Å². The molecule has 0 aliphatic rings. The minimum absolute atomic E-state index is 0.133. The molecule has 0 unspecified atom stereocenters. The third-order valence-electron chi connectivity index (χ3n) is 4.61. The Balaban J connectivity index is 1.76. The van der Waals surface area contributed by atoms with Crippen molar-refractivity contribution in [2.45, 2.75) is 13.5 Å². The Morgan fingerprint density at radius 2 is 2.00 bits per heavy atom. The number of aryl methyl sites for hydroxylation is 1. The van der Waals surface area contributed by atoms with Crippen LogP contribution in [0.5, 0.6) is 0 Å². The van der Waals surface area contributed by atoms with Crippen LogP contribution in [-0.2, 0) is 6.54 Å². The zero-order valence-corrected chi connectivity index (χ0v) is 17.2. The van der Waals surface area contributed by atoms with Crippen molar-refractivity contribution in [2.24, 2.45) is 0 Å². The largest absolute Gasteiger partial charge is 0.397 e. The van der Waals surface area contributed by atoms with E-state index < -0.39 is 0 Å². The first kappa shape index (κ1) is 18.9. The number of carbonyl (C=O) groups is 1. The molecule has 0 aliphatic heterocycles. The van der Waals surface area contributed by atoms with Crippen molar-refractivity contribution in [3.63, 3.8) is 0 Å². The lowest BCUT2D eigenvalue weighted by Crippen LogP contribution is -2.22. The fraction of sp³-hybridized carbons (Fsp3) is 0.0952. The number of aromatic nitrogens is 1. The summed E-state index contributed by atoms with van der Waals surface area (Å²) in [6, 6.07) is 12.0. The van der Waals surface area contributed by atoms with Gasteiger partial charge in [-0.05, 0) is 34.9 Å². The molecule has 3 aromatic heterocycles. The van der Waals surface area contributed by atoms with Crippen LogP contribution < -0.4 is 16.8 Å². The van der Waals surface area contributed by atoms with Crippen LogP contribution in [0.2, 0.25) is 0 Å². The third-order valence-corrected chi connectivity index (χ3v) is 6.39. The summed E-state index contributed by atoms with van der Waals surface area (Å²) >= 11 is 2.69. The lowest BCUT2D eigenvalue weighted by molar-refractivity contribution is 0.0956. The van der Waals surface area contributed by atoms with E-state index in [-0.39, 0.29) is 17.3 Å². The second kappa shape index (κ2) is 7.54. The van der Waals surface area contributed by atoms with Gasteiger partial charge in [-0.25, -0.2) is 4.98 Å². The molecule has 1 amide bonds. The van der Waals surface area contributed by atoms with Crippen LogP contribution >= 0.6 is 22.7 Å². The molecule has 29 heavy (non-hydrogen) atoms. The molecule has 6 nitrogen and oxygen atoms in total. The van der Waals surface area contributed by atoms with E-state index in [2.05, 4.69) is 16.4 Å². The lowest BCUT2D eigenvalue weighted by atomic mass is 9.99. The molecule has 4 aromatic rings. The fourth-order valence-electron chi connectivity index (χ4n) is 3.12. The number of anilines is 2. The Kier molecular flexibility index (Phi) is 4.92. The number of amides is 1. The topological polar surface area (TPSA) is 118 Å². The van der Waals surface area contributed by atoms with Gasteiger partial charge in [-0.2, -0.15) is 16.6 Å². The number of nitrogens with one attached hydrogen (secondary N) is 1. The van der Waals surface area contributed by atoms with Gasteiger partial charge in [-0.3, -0.25) is 4.79 Å². The summed E-state index contributed by atoms with van der Waals surface area (Å²) in [5.41, 5.74) is 16.6. The Bertz CT molecular complexity index is 1250. The van der Waals surface area contributed by atoms with E-state index in [9.17, 15) is 10.1 Å². The molecule has 5 N–H and O–H groups in total. The number of fused-ring (bicyclic) bond motifs is 1. The van der Waals surface area contributed by atoms with E-state index >= 15 is 0 Å². The Hall–Kier alpha value is -3.41. The van der Waals surface area contributed by atoms with Crippen LogP contribution in [0.1, 0.15) is 26.4 Å². The molecule has 0 fully saturated rings. The van der Waals surface area contributed by atoms with Gasteiger partial charge < -0.3 is 16.8 Å². The van der Waals surface area contributed by atoms with E-state index in [1.807, 2.05) is 48.0 Å². The van der Waals surface area contributed by atoms with Gasteiger partial charge in [0.2, 0.25) is 0 Å². The summed E-state index contributed by atoms with van der Waals surface area (Å²) in [4.78, 5) is 18.0. The highest BCUT2D eigenvalue weighted by Gasteiger charge is 2.24. The average molecular weight is 420 g/mol. The first-order valence-electron chi connectivity index (χ1n) is 8.77. The SMILES string of the molecule is Cc1ccc(CNC(=O)c2sc3nc(N)c(C#N)c(-c4ccsc4)c3c2N)cc1. The lowest BCUT2D eigenvalue weighted by Gasteiger charge is -2.08. The molecule has 0 spiro atoms. The van der Waals surface area contributed by atoms with E-state index in [0.29, 0.717) is 32.9 Å². The van der Waals surface area contributed by atoms with Gasteiger partial charge in [-0.1, -0.05) is 29.8 Å². The maximum atomic E-state index is 12.8. The first-order chi connectivity index (χ1) is 14.0. The van der Waals surface area contributed by atoms with Crippen LogP contribution in [0, 0.1) is 18.3 Å². The number of nitrogens with zero attached hydrogens (tertiary/aromatic N) is 2. The molecule has 0 radical (unpaired) electrons. The van der Waals surface area contributed by atoms with E-state index in [0.717, 1.165) is 16.7 Å². The van der Waals surface area contributed by atoms with Gasteiger partial charge in [0, 0.05) is 17.5 Å². The number of nitriles is 1. The van der Waals surface area contributed by atoms with Crippen molar-refractivity contribution < 1.29 is 4.79 Å². The maximum absolute atomic E-state index is 12.8. The van der Waals surface area contributed by atoms with Gasteiger partial charge >= 0.3 is 0 Å². The van der Waals surface area contributed by atoms with Gasteiger partial charge in [-0.15, -0.1) is 11.3 Å². The number of thiophene rings is 2. The van der Waals surface area contributed by atoms with Gasteiger partial charge in [0.15, 0.2) is 0 Å². The van der Waals surface area contributed by atoms with Gasteiger partial charge in [0.25, 0.3) is 5.91 Å². The second-order valence-electron chi connectivity index (χ2n) is 6.56. The molecule has 1 aromatic carbocycles. The molecule has 0 aliphatic carbocycles. The van der Waals surface area contributed by atoms with Crippen LogP contribution in [-0.4, -0.2) is 10.9 Å². The zero-order chi connectivity index (χ0) is 20.5. The van der Waals surface area contributed by atoms with Crippen molar-refractivity contribution >= 4 is 50.3 Å². The first-order valence-corrected chi connectivity index (χ1v) is 10.5. The molecule has 4 rings (SSSR count). The number of nitrogens with two attached hydrogens (primary N) is 2. The number of pyridine rings is 1. The number of carbonyl (C=O) groups excluding carboxylic acids is 1. The molecular weight excluding hydrogens is 402 g/mol. The molecule has 3 heterocycles. The summed E-state index contributed by atoms with van der Waals surface area (Å²) < 4.78 is 0. The number of rotatable bonds is 4. The number of hydrogen-bond donors (Lipinski definition) is 3. The molecule has 8 heteroatoms. The summed E-state index contributed by atoms with van der Waals surface area (Å²) in [5, 5.41) is 16.9. The zero-order valence-electron chi connectivity index (χ0n) is 15.5. The molecule has 144 valence electrons. The standard InChI is InChI=1S/C21H17N5OS2/c1-11-2-4-12(5-3-11)9-25-20(27)18-17(23)16-15(13-6-7-28-10-13)14(8-22)19(24)26-21(16)29-18/h2-7,10H,9,23H2,1H3,(H2,24,26)(H,25,27). The molecular formula is C21H17N5OS2. The minimum Gasteiger partial charge on any atom is -0.397 e. The van der Waals surface area contributed by atoms with E-state index in [1.165, 1.54) is 22.7 Å². The van der Waals surface area contributed by atoms with Crippen LogP contribution in [0.15, 0.2) is 41.1 Å². The maximum Gasteiger partial charge on any atom is 0.263 e. The van der Waals surface area contributed by atoms with Crippen molar-refractivity contribution in [1.82, 2.24) is 10.3 Å². The number of nitrogen functional groups attached to an aromatic ring is 2. The van der Waals surface area contributed by atoms with Gasteiger partial charge in [0.1, 0.15) is 27.2 Å². The Morgan fingerprint density at radius 3 is 2.66 bits per heavy atom. The summed E-state index contributed by atoms with van der Waals surface area (Å²) in [6.45, 7) is 2.41. The minimum atomic E-state index is -0.278. The molecule has 0 atom stereocenters. The van der Waals surface area contributed by atoms with Crippen molar-refractivity contribution in [1.29, 1.82) is 5.26 Å². The quantitative estimate of drug-likeness (QED) is 0.456. The monoisotopic (exact) mass is 419 g/mol. The van der Waals surface area contributed by atoms with Crippen molar-refractivity contribution in [2.75, 3.05) is 11.5 Å². The number of hydrogen-bond acceptors (Lipinski definition) is 7. The smallest absolute Gasteiger partial charge is 0.263 e.